The normalized spacial score (nSPS) is 11.4. The Bertz CT molecular complexity index is 1040. The molecule has 4 rings (SSSR count). The summed E-state index contributed by atoms with van der Waals surface area (Å²) in [5.41, 5.74) is 2.27. The SMILES string of the molecule is Fc1ccc(-c2nc(-c3ccc4nc(C(F)F)ccc4c3)co2)cc1. The second kappa shape index (κ2) is 6.05. The first-order chi connectivity index (χ1) is 12.1. The Labute approximate surface area is 140 Å². The zero-order valence-electron chi connectivity index (χ0n) is 12.8. The van der Waals surface area contributed by atoms with Crippen LogP contribution in [0.5, 0.6) is 0 Å². The van der Waals surface area contributed by atoms with E-state index in [2.05, 4.69) is 9.97 Å². The number of aromatic nitrogens is 2. The second-order valence-electron chi connectivity index (χ2n) is 5.49. The number of halogens is 3. The van der Waals surface area contributed by atoms with Crippen molar-refractivity contribution in [3.05, 3.63) is 72.4 Å². The maximum Gasteiger partial charge on any atom is 0.280 e. The molecule has 0 saturated carbocycles. The van der Waals surface area contributed by atoms with E-state index in [-0.39, 0.29) is 11.5 Å². The summed E-state index contributed by atoms with van der Waals surface area (Å²) in [5.74, 6) is 0.0435. The molecule has 0 atom stereocenters. The van der Waals surface area contributed by atoms with Gasteiger partial charge in [-0.25, -0.2) is 23.1 Å². The van der Waals surface area contributed by atoms with E-state index in [0.717, 1.165) is 10.9 Å². The molecule has 3 nitrogen and oxygen atoms in total. The summed E-state index contributed by atoms with van der Waals surface area (Å²) >= 11 is 0. The lowest BCUT2D eigenvalue weighted by Gasteiger charge is -2.03. The predicted octanol–water partition coefficient (Wildman–Crippen LogP) is 5.63. The van der Waals surface area contributed by atoms with Gasteiger partial charge in [0.1, 0.15) is 23.5 Å². The first-order valence-electron chi connectivity index (χ1n) is 7.51. The molecule has 0 radical (unpaired) electrons. The summed E-state index contributed by atoms with van der Waals surface area (Å²) in [6.07, 6.45) is -1.10. The molecule has 0 amide bonds. The molecule has 0 N–H and O–H groups in total. The summed E-state index contributed by atoms with van der Waals surface area (Å²) < 4.78 is 43.9. The highest BCUT2D eigenvalue weighted by Crippen LogP contribution is 2.28. The Morgan fingerprint density at radius 3 is 2.36 bits per heavy atom. The summed E-state index contributed by atoms with van der Waals surface area (Å²) in [6, 6.07) is 14.0. The first-order valence-corrected chi connectivity index (χ1v) is 7.51. The smallest absolute Gasteiger partial charge is 0.280 e. The van der Waals surface area contributed by atoms with Crippen LogP contribution in [0.25, 0.3) is 33.6 Å². The van der Waals surface area contributed by atoms with Crippen LogP contribution >= 0.6 is 0 Å². The number of nitrogens with zero attached hydrogens (tertiary/aromatic N) is 2. The van der Waals surface area contributed by atoms with Gasteiger partial charge in [-0.15, -0.1) is 0 Å². The van der Waals surface area contributed by atoms with Crippen LogP contribution in [0.15, 0.2) is 65.3 Å². The van der Waals surface area contributed by atoms with Gasteiger partial charge in [-0.1, -0.05) is 12.1 Å². The molecule has 0 aliphatic rings. The summed E-state index contributed by atoms with van der Waals surface area (Å²) in [5, 5.41) is 0.730. The average Bonchev–Trinajstić information content (AvgIpc) is 3.11. The lowest BCUT2D eigenvalue weighted by atomic mass is 10.1. The highest BCUT2D eigenvalue weighted by atomic mass is 19.3. The van der Waals surface area contributed by atoms with Crippen molar-refractivity contribution in [2.45, 2.75) is 6.43 Å². The monoisotopic (exact) mass is 340 g/mol. The van der Waals surface area contributed by atoms with E-state index in [1.54, 1.807) is 30.3 Å². The van der Waals surface area contributed by atoms with Gasteiger partial charge in [0.15, 0.2) is 0 Å². The van der Waals surface area contributed by atoms with Gasteiger partial charge in [-0.2, -0.15) is 0 Å². The Morgan fingerprint density at radius 2 is 1.60 bits per heavy atom. The summed E-state index contributed by atoms with van der Waals surface area (Å²) in [4.78, 5) is 8.34. The molecule has 0 aliphatic carbocycles. The third-order valence-electron chi connectivity index (χ3n) is 3.83. The van der Waals surface area contributed by atoms with Crippen LogP contribution in [0, 0.1) is 5.82 Å². The fourth-order valence-corrected chi connectivity index (χ4v) is 2.55. The third kappa shape index (κ3) is 2.98. The highest BCUT2D eigenvalue weighted by Gasteiger charge is 2.12. The molecule has 0 saturated heterocycles. The number of hydrogen-bond donors (Lipinski definition) is 0. The van der Waals surface area contributed by atoms with Crippen molar-refractivity contribution < 1.29 is 17.6 Å². The van der Waals surface area contributed by atoms with E-state index in [4.69, 9.17) is 4.42 Å². The predicted molar refractivity (Wildman–Crippen MR) is 87.6 cm³/mol. The number of hydrogen-bond acceptors (Lipinski definition) is 3. The topological polar surface area (TPSA) is 38.9 Å². The Balaban J connectivity index is 1.70. The van der Waals surface area contributed by atoms with Crippen LogP contribution in [0.4, 0.5) is 13.2 Å². The fraction of sp³-hybridized carbons (Fsp3) is 0.0526. The maximum absolute atomic E-state index is 13.0. The lowest BCUT2D eigenvalue weighted by molar-refractivity contribution is 0.146. The van der Waals surface area contributed by atoms with E-state index in [9.17, 15) is 13.2 Å². The molecule has 2 aromatic carbocycles. The van der Waals surface area contributed by atoms with Crippen LogP contribution in [0.2, 0.25) is 0 Å². The molecular formula is C19H11F3N2O. The molecule has 0 bridgehead atoms. The van der Waals surface area contributed by atoms with Gasteiger partial charge in [0.2, 0.25) is 5.89 Å². The number of pyridine rings is 1. The third-order valence-corrected chi connectivity index (χ3v) is 3.83. The molecule has 25 heavy (non-hydrogen) atoms. The van der Waals surface area contributed by atoms with Gasteiger partial charge in [0.05, 0.1) is 5.52 Å². The van der Waals surface area contributed by atoms with Crippen molar-refractivity contribution in [3.8, 4) is 22.7 Å². The van der Waals surface area contributed by atoms with E-state index in [0.29, 0.717) is 22.7 Å². The zero-order valence-corrected chi connectivity index (χ0v) is 12.8. The standard InChI is InChI=1S/C19H11F3N2O/c20-14-5-1-11(2-6-14)19-24-17(10-25-19)13-3-7-15-12(9-13)4-8-16(23-15)18(21)22/h1-10,18H. The van der Waals surface area contributed by atoms with Crippen molar-refractivity contribution in [1.29, 1.82) is 0 Å². The van der Waals surface area contributed by atoms with Gasteiger partial charge in [-0.05, 0) is 42.5 Å². The summed E-state index contributed by atoms with van der Waals surface area (Å²) in [7, 11) is 0. The first kappa shape index (κ1) is 15.4. The van der Waals surface area contributed by atoms with Crippen molar-refractivity contribution >= 4 is 10.9 Å². The van der Waals surface area contributed by atoms with Gasteiger partial charge < -0.3 is 4.42 Å². The molecule has 0 aliphatic heterocycles. The lowest BCUT2D eigenvalue weighted by Crippen LogP contribution is -1.90. The average molecular weight is 340 g/mol. The number of alkyl halides is 2. The van der Waals surface area contributed by atoms with Gasteiger partial charge in [0, 0.05) is 16.5 Å². The molecule has 124 valence electrons. The zero-order chi connectivity index (χ0) is 17.4. The number of oxazole rings is 1. The quantitative estimate of drug-likeness (QED) is 0.485. The highest BCUT2D eigenvalue weighted by molar-refractivity contribution is 5.84. The van der Waals surface area contributed by atoms with Crippen molar-refractivity contribution in [3.63, 3.8) is 0 Å². The maximum atomic E-state index is 13.0. The van der Waals surface area contributed by atoms with Gasteiger partial charge >= 0.3 is 0 Å². The van der Waals surface area contributed by atoms with E-state index >= 15 is 0 Å². The Morgan fingerprint density at radius 1 is 0.840 bits per heavy atom. The molecule has 0 fully saturated rings. The molecular weight excluding hydrogens is 329 g/mol. The second-order valence-corrected chi connectivity index (χ2v) is 5.49. The summed E-state index contributed by atoms with van der Waals surface area (Å²) in [6.45, 7) is 0. The molecule has 2 aromatic heterocycles. The van der Waals surface area contributed by atoms with E-state index < -0.39 is 6.43 Å². The molecule has 0 unspecified atom stereocenters. The number of fused-ring (bicyclic) bond motifs is 1. The fourth-order valence-electron chi connectivity index (χ4n) is 2.55. The number of rotatable bonds is 3. The van der Waals surface area contributed by atoms with Crippen molar-refractivity contribution in [1.82, 2.24) is 9.97 Å². The van der Waals surface area contributed by atoms with Crippen LogP contribution in [0.1, 0.15) is 12.1 Å². The number of benzene rings is 2. The molecule has 6 heteroatoms. The molecule has 2 heterocycles. The minimum atomic E-state index is -2.60. The van der Waals surface area contributed by atoms with Crippen molar-refractivity contribution in [2.24, 2.45) is 0 Å². The molecule has 0 spiro atoms. The van der Waals surface area contributed by atoms with Gasteiger partial charge in [-0.3, -0.25) is 0 Å². The van der Waals surface area contributed by atoms with E-state index in [1.807, 2.05) is 6.07 Å². The minimum absolute atomic E-state index is 0.250. The Hall–Kier alpha value is -3.15. The van der Waals surface area contributed by atoms with Crippen molar-refractivity contribution in [2.75, 3.05) is 0 Å². The van der Waals surface area contributed by atoms with Gasteiger partial charge in [0.25, 0.3) is 6.43 Å². The Kier molecular flexibility index (Phi) is 3.72. The van der Waals surface area contributed by atoms with Crippen LogP contribution < -0.4 is 0 Å². The molecule has 4 aromatic rings. The van der Waals surface area contributed by atoms with Crippen LogP contribution in [-0.2, 0) is 0 Å². The van der Waals surface area contributed by atoms with E-state index in [1.165, 1.54) is 24.5 Å². The minimum Gasteiger partial charge on any atom is -0.444 e. The van der Waals surface area contributed by atoms with Crippen LogP contribution in [-0.4, -0.2) is 9.97 Å². The largest absolute Gasteiger partial charge is 0.444 e. The van der Waals surface area contributed by atoms with Crippen LogP contribution in [0.3, 0.4) is 0 Å².